The van der Waals surface area contributed by atoms with Gasteiger partial charge in [0.05, 0.1) is 12.8 Å². The van der Waals surface area contributed by atoms with E-state index in [1.807, 2.05) is 6.20 Å². The molecule has 17 heavy (non-hydrogen) atoms. The molecule has 4 nitrogen and oxygen atoms in total. The molecule has 0 radical (unpaired) electrons. The highest BCUT2D eigenvalue weighted by atomic mass is 16.3. The Morgan fingerprint density at radius 3 is 2.59 bits per heavy atom. The maximum atomic E-state index is 9.06. The minimum atomic E-state index is 0.0862. The van der Waals surface area contributed by atoms with E-state index in [0.29, 0.717) is 0 Å². The topological polar surface area (TPSA) is 52.1 Å². The summed E-state index contributed by atoms with van der Waals surface area (Å²) < 4.78 is 0. The van der Waals surface area contributed by atoms with Crippen molar-refractivity contribution >= 4 is 0 Å². The standard InChI is InChI=1S/C13H25N3O/c1-5-6-16(7-8-17)10-11-9-14-15-12(11)13(2,3)4/h9,17H,5-8,10H2,1-4H3,(H,14,15). The summed E-state index contributed by atoms with van der Waals surface area (Å²) in [7, 11) is 0. The number of nitrogens with zero attached hydrogens (tertiary/aromatic N) is 2. The first-order chi connectivity index (χ1) is 7.99. The van der Waals surface area contributed by atoms with Crippen molar-refractivity contribution in [1.29, 1.82) is 0 Å². The van der Waals surface area contributed by atoms with Gasteiger partial charge in [0.25, 0.3) is 0 Å². The molecule has 0 amide bonds. The molecule has 0 unspecified atom stereocenters. The van der Waals surface area contributed by atoms with E-state index in [2.05, 4.69) is 42.8 Å². The molecule has 98 valence electrons. The molecule has 0 aliphatic rings. The normalized spacial score (nSPS) is 12.4. The lowest BCUT2D eigenvalue weighted by Gasteiger charge is -2.23. The second kappa shape index (κ2) is 6.17. The number of aromatic nitrogens is 2. The minimum Gasteiger partial charge on any atom is -0.395 e. The highest BCUT2D eigenvalue weighted by molar-refractivity contribution is 5.23. The molecule has 0 aliphatic carbocycles. The van der Waals surface area contributed by atoms with E-state index in [1.54, 1.807) is 0 Å². The Hall–Kier alpha value is -0.870. The molecule has 0 fully saturated rings. The van der Waals surface area contributed by atoms with Crippen LogP contribution in [-0.2, 0) is 12.0 Å². The second-order valence-corrected chi connectivity index (χ2v) is 5.52. The molecule has 0 saturated carbocycles. The van der Waals surface area contributed by atoms with Gasteiger partial charge in [-0.15, -0.1) is 0 Å². The fraction of sp³-hybridized carbons (Fsp3) is 0.769. The Morgan fingerprint density at radius 1 is 1.35 bits per heavy atom. The van der Waals surface area contributed by atoms with Crippen molar-refractivity contribution in [2.45, 2.75) is 46.1 Å². The summed E-state index contributed by atoms with van der Waals surface area (Å²) in [6.45, 7) is 11.5. The van der Waals surface area contributed by atoms with Gasteiger partial charge in [-0.3, -0.25) is 10.00 Å². The molecule has 0 saturated heterocycles. The summed E-state index contributed by atoms with van der Waals surface area (Å²) in [4.78, 5) is 2.26. The van der Waals surface area contributed by atoms with E-state index in [-0.39, 0.29) is 12.0 Å². The van der Waals surface area contributed by atoms with Crippen molar-refractivity contribution in [2.24, 2.45) is 0 Å². The lowest BCUT2D eigenvalue weighted by atomic mass is 9.89. The van der Waals surface area contributed by atoms with E-state index in [1.165, 1.54) is 11.3 Å². The van der Waals surface area contributed by atoms with E-state index in [9.17, 15) is 0 Å². The van der Waals surface area contributed by atoms with Crippen molar-refractivity contribution in [3.05, 3.63) is 17.5 Å². The van der Waals surface area contributed by atoms with Crippen molar-refractivity contribution in [3.8, 4) is 0 Å². The zero-order valence-electron chi connectivity index (χ0n) is 11.5. The highest BCUT2D eigenvalue weighted by Crippen LogP contribution is 2.24. The molecule has 1 heterocycles. The van der Waals surface area contributed by atoms with Crippen LogP contribution in [0.3, 0.4) is 0 Å². The molecule has 0 aromatic carbocycles. The van der Waals surface area contributed by atoms with Crippen LogP contribution in [0, 0.1) is 0 Å². The maximum Gasteiger partial charge on any atom is 0.0558 e. The van der Waals surface area contributed by atoms with Gasteiger partial charge in [0, 0.05) is 29.8 Å². The quantitative estimate of drug-likeness (QED) is 0.797. The van der Waals surface area contributed by atoms with Crippen LogP contribution in [0.5, 0.6) is 0 Å². The Morgan fingerprint density at radius 2 is 2.06 bits per heavy atom. The van der Waals surface area contributed by atoms with Crippen LogP contribution in [0.2, 0.25) is 0 Å². The zero-order valence-corrected chi connectivity index (χ0v) is 11.5. The van der Waals surface area contributed by atoms with Gasteiger partial charge in [0.2, 0.25) is 0 Å². The lowest BCUT2D eigenvalue weighted by Crippen LogP contribution is -2.28. The van der Waals surface area contributed by atoms with Gasteiger partial charge in [0.15, 0.2) is 0 Å². The summed E-state index contributed by atoms with van der Waals surface area (Å²) in [5, 5.41) is 16.3. The first kappa shape index (κ1) is 14.2. The number of rotatable bonds is 6. The van der Waals surface area contributed by atoms with Crippen molar-refractivity contribution in [2.75, 3.05) is 19.7 Å². The number of aliphatic hydroxyl groups excluding tert-OH is 1. The number of hydrogen-bond acceptors (Lipinski definition) is 3. The van der Waals surface area contributed by atoms with Gasteiger partial charge >= 0.3 is 0 Å². The predicted molar refractivity (Wildman–Crippen MR) is 69.9 cm³/mol. The fourth-order valence-electron chi connectivity index (χ4n) is 2.05. The maximum absolute atomic E-state index is 9.06. The van der Waals surface area contributed by atoms with Crippen LogP contribution >= 0.6 is 0 Å². The molecule has 0 bridgehead atoms. The molecule has 1 aromatic rings. The first-order valence-corrected chi connectivity index (χ1v) is 6.35. The molecule has 0 spiro atoms. The van der Waals surface area contributed by atoms with Crippen LogP contribution in [0.15, 0.2) is 6.20 Å². The van der Waals surface area contributed by atoms with Gasteiger partial charge in [-0.25, -0.2) is 0 Å². The third-order valence-electron chi connectivity index (χ3n) is 2.82. The van der Waals surface area contributed by atoms with Crippen LogP contribution in [0.25, 0.3) is 0 Å². The summed E-state index contributed by atoms with van der Waals surface area (Å²) in [6, 6.07) is 0. The van der Waals surface area contributed by atoms with Gasteiger partial charge in [-0.2, -0.15) is 5.10 Å². The zero-order chi connectivity index (χ0) is 12.9. The van der Waals surface area contributed by atoms with Crippen molar-refractivity contribution in [1.82, 2.24) is 15.1 Å². The summed E-state index contributed by atoms with van der Waals surface area (Å²) in [5.74, 6) is 0. The largest absolute Gasteiger partial charge is 0.395 e. The molecule has 0 atom stereocenters. The molecule has 1 aromatic heterocycles. The molecular formula is C13H25N3O. The summed E-state index contributed by atoms with van der Waals surface area (Å²) >= 11 is 0. The predicted octanol–water partition coefficient (Wildman–Crippen LogP) is 1.91. The third kappa shape index (κ3) is 4.13. The monoisotopic (exact) mass is 239 g/mol. The third-order valence-corrected chi connectivity index (χ3v) is 2.82. The summed E-state index contributed by atoms with van der Waals surface area (Å²) in [5.41, 5.74) is 2.51. The molecule has 4 heteroatoms. The van der Waals surface area contributed by atoms with Gasteiger partial charge < -0.3 is 5.11 Å². The van der Waals surface area contributed by atoms with Gasteiger partial charge in [-0.1, -0.05) is 27.7 Å². The van der Waals surface area contributed by atoms with E-state index < -0.39 is 0 Å². The van der Waals surface area contributed by atoms with E-state index >= 15 is 0 Å². The SMILES string of the molecule is CCCN(CCO)Cc1cn[nH]c1C(C)(C)C. The molecule has 2 N–H and O–H groups in total. The van der Waals surface area contributed by atoms with E-state index in [0.717, 1.165) is 26.1 Å². The molecule has 0 aliphatic heterocycles. The number of aliphatic hydroxyl groups is 1. The fourth-order valence-corrected chi connectivity index (χ4v) is 2.05. The number of aromatic amines is 1. The van der Waals surface area contributed by atoms with Gasteiger partial charge in [0.1, 0.15) is 0 Å². The van der Waals surface area contributed by atoms with Crippen LogP contribution < -0.4 is 0 Å². The average Bonchev–Trinajstić information content (AvgIpc) is 2.66. The Bertz CT molecular complexity index is 322. The average molecular weight is 239 g/mol. The number of hydrogen-bond donors (Lipinski definition) is 2. The van der Waals surface area contributed by atoms with Crippen LogP contribution in [0.4, 0.5) is 0 Å². The Labute approximate surface area is 104 Å². The summed E-state index contributed by atoms with van der Waals surface area (Å²) in [6.07, 6.45) is 3.00. The van der Waals surface area contributed by atoms with E-state index in [4.69, 9.17) is 5.11 Å². The molecular weight excluding hydrogens is 214 g/mol. The first-order valence-electron chi connectivity index (χ1n) is 6.35. The van der Waals surface area contributed by atoms with Crippen molar-refractivity contribution in [3.63, 3.8) is 0 Å². The smallest absolute Gasteiger partial charge is 0.0558 e. The van der Waals surface area contributed by atoms with Crippen molar-refractivity contribution < 1.29 is 5.11 Å². The molecule has 1 rings (SSSR count). The minimum absolute atomic E-state index is 0.0862. The highest BCUT2D eigenvalue weighted by Gasteiger charge is 2.20. The second-order valence-electron chi connectivity index (χ2n) is 5.52. The lowest BCUT2D eigenvalue weighted by molar-refractivity contribution is 0.189. The number of nitrogens with one attached hydrogen (secondary N) is 1. The van der Waals surface area contributed by atoms with Gasteiger partial charge in [-0.05, 0) is 13.0 Å². The van der Waals surface area contributed by atoms with Crippen LogP contribution in [0.1, 0.15) is 45.4 Å². The number of H-pyrrole nitrogens is 1. The van der Waals surface area contributed by atoms with Crippen LogP contribution in [-0.4, -0.2) is 39.9 Å². The Balaban J connectivity index is 2.75. The Kier molecular flexibility index (Phi) is 5.15.